The summed E-state index contributed by atoms with van der Waals surface area (Å²) >= 11 is 0. The van der Waals surface area contributed by atoms with Gasteiger partial charge in [0.05, 0.1) is 10.4 Å². The number of hydrogen-bond acceptors (Lipinski definition) is 4. The number of nitro groups is 1. The van der Waals surface area contributed by atoms with E-state index >= 15 is 0 Å². The molecule has 0 aliphatic carbocycles. The van der Waals surface area contributed by atoms with Crippen LogP contribution in [-0.2, 0) is 0 Å². The molecule has 0 fully saturated rings. The Bertz CT molecular complexity index is 675. The lowest BCUT2D eigenvalue weighted by molar-refractivity contribution is -0.384. The largest absolute Gasteiger partial charge is 0.384 e. The standard InChI is InChI=1S/C16H21N3O2/c1-11-9-15(17-8-7-16(2,3)4)13-10-12(19(20)21)5-6-14(13)18-11/h5-6,9-10H,7-8H2,1-4H3,(H,17,18). The number of aryl methyl sites for hydroxylation is 1. The third-order valence-corrected chi connectivity index (χ3v) is 3.32. The van der Waals surface area contributed by atoms with Gasteiger partial charge in [0, 0.05) is 35.4 Å². The molecule has 0 amide bonds. The molecule has 0 radical (unpaired) electrons. The van der Waals surface area contributed by atoms with Gasteiger partial charge in [-0.1, -0.05) is 20.8 Å². The minimum Gasteiger partial charge on any atom is -0.384 e. The number of nitro benzene ring substituents is 1. The molecule has 0 saturated carbocycles. The molecule has 0 aliphatic rings. The maximum absolute atomic E-state index is 10.9. The Balaban J connectivity index is 2.36. The van der Waals surface area contributed by atoms with E-state index < -0.39 is 0 Å². The summed E-state index contributed by atoms with van der Waals surface area (Å²) in [6.45, 7) is 9.32. The van der Waals surface area contributed by atoms with E-state index in [0.717, 1.165) is 35.2 Å². The minimum absolute atomic E-state index is 0.0898. The third-order valence-electron chi connectivity index (χ3n) is 3.32. The fourth-order valence-electron chi connectivity index (χ4n) is 2.18. The van der Waals surface area contributed by atoms with Crippen LogP contribution in [0.25, 0.3) is 10.9 Å². The predicted octanol–water partition coefficient (Wildman–Crippen LogP) is 4.30. The Morgan fingerprint density at radius 1 is 1.29 bits per heavy atom. The third kappa shape index (κ3) is 3.90. The number of non-ortho nitro benzene ring substituents is 1. The lowest BCUT2D eigenvalue weighted by Crippen LogP contribution is -2.13. The number of hydrogen-bond donors (Lipinski definition) is 1. The van der Waals surface area contributed by atoms with Gasteiger partial charge in [0.25, 0.3) is 5.69 Å². The molecule has 1 N–H and O–H groups in total. The van der Waals surface area contributed by atoms with E-state index in [1.807, 2.05) is 13.0 Å². The molecular weight excluding hydrogens is 266 g/mol. The Kier molecular flexibility index (Phi) is 4.11. The molecule has 0 saturated heterocycles. The van der Waals surface area contributed by atoms with Gasteiger partial charge in [0.15, 0.2) is 0 Å². The van der Waals surface area contributed by atoms with Crippen molar-refractivity contribution in [2.75, 3.05) is 11.9 Å². The summed E-state index contributed by atoms with van der Waals surface area (Å²) in [7, 11) is 0. The Hall–Kier alpha value is -2.17. The molecule has 1 heterocycles. The summed E-state index contributed by atoms with van der Waals surface area (Å²) < 4.78 is 0. The highest BCUT2D eigenvalue weighted by Gasteiger charge is 2.12. The van der Waals surface area contributed by atoms with Crippen molar-refractivity contribution in [3.05, 3.63) is 40.1 Å². The molecule has 21 heavy (non-hydrogen) atoms. The van der Waals surface area contributed by atoms with Crippen LogP contribution in [0, 0.1) is 22.5 Å². The molecular formula is C16H21N3O2. The molecule has 1 aromatic carbocycles. The van der Waals surface area contributed by atoms with E-state index in [1.165, 1.54) is 6.07 Å². The first kappa shape index (κ1) is 15.2. The van der Waals surface area contributed by atoms with E-state index in [2.05, 4.69) is 31.1 Å². The topological polar surface area (TPSA) is 68.1 Å². The quantitative estimate of drug-likeness (QED) is 0.672. The highest BCUT2D eigenvalue weighted by Crippen LogP contribution is 2.28. The number of nitrogens with zero attached hydrogens (tertiary/aromatic N) is 2. The summed E-state index contributed by atoms with van der Waals surface area (Å²) in [5.74, 6) is 0. The number of benzene rings is 1. The Morgan fingerprint density at radius 2 is 2.00 bits per heavy atom. The summed E-state index contributed by atoms with van der Waals surface area (Å²) in [5, 5.41) is 15.1. The van der Waals surface area contributed by atoms with Crippen molar-refractivity contribution in [1.82, 2.24) is 4.98 Å². The van der Waals surface area contributed by atoms with Crippen molar-refractivity contribution in [3.8, 4) is 0 Å². The SMILES string of the molecule is Cc1cc(NCCC(C)(C)C)c2cc([N+](=O)[O-])ccc2n1. The van der Waals surface area contributed by atoms with Gasteiger partial charge in [0.2, 0.25) is 0 Å². The molecule has 2 rings (SSSR count). The molecule has 0 bridgehead atoms. The molecule has 0 spiro atoms. The summed E-state index contributed by atoms with van der Waals surface area (Å²) in [6.07, 6.45) is 1.02. The highest BCUT2D eigenvalue weighted by molar-refractivity contribution is 5.93. The molecule has 0 aliphatic heterocycles. The van der Waals surface area contributed by atoms with E-state index in [4.69, 9.17) is 0 Å². The zero-order chi connectivity index (χ0) is 15.6. The molecule has 5 heteroatoms. The number of anilines is 1. The fourth-order valence-corrected chi connectivity index (χ4v) is 2.18. The number of aromatic nitrogens is 1. The summed E-state index contributed by atoms with van der Waals surface area (Å²) in [6, 6.07) is 6.72. The fraction of sp³-hybridized carbons (Fsp3) is 0.438. The van der Waals surface area contributed by atoms with Crippen molar-refractivity contribution in [3.63, 3.8) is 0 Å². The Morgan fingerprint density at radius 3 is 2.62 bits per heavy atom. The lowest BCUT2D eigenvalue weighted by Gasteiger charge is -2.19. The molecule has 0 unspecified atom stereocenters. The van der Waals surface area contributed by atoms with Crippen LogP contribution in [0.5, 0.6) is 0 Å². The smallest absolute Gasteiger partial charge is 0.270 e. The molecule has 5 nitrogen and oxygen atoms in total. The van der Waals surface area contributed by atoms with Gasteiger partial charge < -0.3 is 5.32 Å². The van der Waals surface area contributed by atoms with Gasteiger partial charge in [-0.2, -0.15) is 0 Å². The number of pyridine rings is 1. The Labute approximate surface area is 124 Å². The maximum Gasteiger partial charge on any atom is 0.270 e. The number of nitrogens with one attached hydrogen (secondary N) is 1. The van der Waals surface area contributed by atoms with Gasteiger partial charge >= 0.3 is 0 Å². The maximum atomic E-state index is 10.9. The van der Waals surface area contributed by atoms with Crippen molar-refractivity contribution in [1.29, 1.82) is 0 Å². The average Bonchev–Trinajstić information content (AvgIpc) is 2.36. The summed E-state index contributed by atoms with van der Waals surface area (Å²) in [5.41, 5.74) is 2.92. The van der Waals surface area contributed by atoms with E-state index in [-0.39, 0.29) is 16.0 Å². The van der Waals surface area contributed by atoms with Gasteiger partial charge in [-0.15, -0.1) is 0 Å². The normalized spacial score (nSPS) is 11.6. The summed E-state index contributed by atoms with van der Waals surface area (Å²) in [4.78, 5) is 15.0. The van der Waals surface area contributed by atoms with Crippen molar-refractivity contribution in [2.24, 2.45) is 5.41 Å². The molecule has 112 valence electrons. The van der Waals surface area contributed by atoms with Crippen molar-refractivity contribution < 1.29 is 4.92 Å². The lowest BCUT2D eigenvalue weighted by atomic mass is 9.92. The highest BCUT2D eigenvalue weighted by atomic mass is 16.6. The van der Waals surface area contributed by atoms with Gasteiger partial charge in [-0.3, -0.25) is 15.1 Å². The van der Waals surface area contributed by atoms with Crippen LogP contribution in [0.3, 0.4) is 0 Å². The monoisotopic (exact) mass is 287 g/mol. The first-order chi connectivity index (χ1) is 9.76. The first-order valence-corrected chi connectivity index (χ1v) is 7.06. The van der Waals surface area contributed by atoms with Crippen molar-refractivity contribution >= 4 is 22.3 Å². The zero-order valence-corrected chi connectivity index (χ0v) is 12.9. The zero-order valence-electron chi connectivity index (χ0n) is 12.9. The molecule has 1 aromatic heterocycles. The second kappa shape index (κ2) is 5.68. The van der Waals surface area contributed by atoms with Gasteiger partial charge in [-0.05, 0) is 30.9 Å². The van der Waals surface area contributed by atoms with Crippen LogP contribution >= 0.6 is 0 Å². The van der Waals surface area contributed by atoms with Crippen LogP contribution in [0.4, 0.5) is 11.4 Å². The number of rotatable bonds is 4. The van der Waals surface area contributed by atoms with Crippen LogP contribution in [0.2, 0.25) is 0 Å². The molecule has 2 aromatic rings. The van der Waals surface area contributed by atoms with Crippen LogP contribution in [0.15, 0.2) is 24.3 Å². The van der Waals surface area contributed by atoms with E-state index in [9.17, 15) is 10.1 Å². The van der Waals surface area contributed by atoms with Crippen LogP contribution in [-0.4, -0.2) is 16.5 Å². The van der Waals surface area contributed by atoms with Gasteiger partial charge in [-0.25, -0.2) is 0 Å². The second-order valence-electron chi connectivity index (χ2n) is 6.51. The average molecular weight is 287 g/mol. The van der Waals surface area contributed by atoms with E-state index in [0.29, 0.717) is 0 Å². The van der Waals surface area contributed by atoms with E-state index in [1.54, 1.807) is 12.1 Å². The number of fused-ring (bicyclic) bond motifs is 1. The first-order valence-electron chi connectivity index (χ1n) is 7.06. The second-order valence-corrected chi connectivity index (χ2v) is 6.51. The minimum atomic E-state index is -0.377. The molecule has 0 atom stereocenters. The van der Waals surface area contributed by atoms with Gasteiger partial charge in [0.1, 0.15) is 0 Å². The predicted molar refractivity (Wildman–Crippen MR) is 85.7 cm³/mol. The van der Waals surface area contributed by atoms with Crippen LogP contribution in [0.1, 0.15) is 32.9 Å². The van der Waals surface area contributed by atoms with Crippen LogP contribution < -0.4 is 5.32 Å². The van der Waals surface area contributed by atoms with Crippen molar-refractivity contribution in [2.45, 2.75) is 34.1 Å².